The van der Waals surface area contributed by atoms with Crippen LogP contribution < -0.4 is 0 Å². The molecule has 1 nitrogen and oxygen atoms in total. The zero-order chi connectivity index (χ0) is 19.8. The summed E-state index contributed by atoms with van der Waals surface area (Å²) in [7, 11) is 0. The molecule has 0 aromatic carbocycles. The largest absolute Gasteiger partial charge is 0.304 e. The zero-order valence-electron chi connectivity index (χ0n) is 20.1. The average Bonchev–Trinajstić information content (AvgIpc) is 2.69. The molecule has 0 N–H and O–H groups in total. The van der Waals surface area contributed by atoms with Crippen LogP contribution in [0.15, 0.2) is 0 Å². The van der Waals surface area contributed by atoms with E-state index >= 15 is 0 Å². The van der Waals surface area contributed by atoms with Gasteiger partial charge in [-0.25, -0.2) is 0 Å². The molecule has 0 aromatic rings. The van der Waals surface area contributed by atoms with Gasteiger partial charge in [-0.3, -0.25) is 0 Å². The molecule has 0 fully saturated rings. The van der Waals surface area contributed by atoms with Gasteiger partial charge in [0.05, 0.1) is 0 Å². The van der Waals surface area contributed by atoms with Gasteiger partial charge in [-0.1, -0.05) is 143 Å². The number of unbranched alkanes of at least 4 members (excludes halogenated alkanes) is 19. The Morgan fingerprint density at radius 3 is 0.857 bits per heavy atom. The van der Waals surface area contributed by atoms with Gasteiger partial charge in [-0.2, -0.15) is 0 Å². The van der Waals surface area contributed by atoms with Crippen LogP contribution in [0.1, 0.15) is 149 Å². The van der Waals surface area contributed by atoms with E-state index in [1.54, 1.807) is 0 Å². The minimum Gasteiger partial charge on any atom is -0.304 e. The van der Waals surface area contributed by atoms with E-state index in [2.05, 4.69) is 25.7 Å². The van der Waals surface area contributed by atoms with Crippen molar-refractivity contribution in [2.24, 2.45) is 0 Å². The van der Waals surface area contributed by atoms with Crippen LogP contribution in [0.4, 0.5) is 0 Å². The van der Waals surface area contributed by atoms with E-state index in [9.17, 15) is 0 Å². The summed E-state index contributed by atoms with van der Waals surface area (Å²) in [5.41, 5.74) is 0. The molecule has 2 heteroatoms. The van der Waals surface area contributed by atoms with E-state index in [0.717, 1.165) is 0 Å². The van der Waals surface area contributed by atoms with Crippen molar-refractivity contribution in [3.63, 3.8) is 0 Å². The Morgan fingerprint density at radius 1 is 0.357 bits per heavy atom. The van der Waals surface area contributed by atoms with E-state index in [-0.39, 0.29) is 12.4 Å². The third-order valence-electron chi connectivity index (χ3n) is 6.22. The second-order valence-corrected chi connectivity index (χ2v) is 8.74. The highest BCUT2D eigenvalue weighted by atomic mass is 35.5. The molecule has 0 bridgehead atoms. The zero-order valence-corrected chi connectivity index (χ0v) is 20.9. The lowest BCUT2D eigenvalue weighted by Crippen LogP contribution is -2.23. The van der Waals surface area contributed by atoms with Crippen LogP contribution in [0, 0.1) is 0 Å². The van der Waals surface area contributed by atoms with Gasteiger partial charge in [0, 0.05) is 0 Å². The molecule has 0 amide bonds. The highest BCUT2D eigenvalue weighted by molar-refractivity contribution is 5.85. The van der Waals surface area contributed by atoms with Crippen LogP contribution in [0.5, 0.6) is 0 Å². The predicted molar refractivity (Wildman–Crippen MR) is 133 cm³/mol. The fraction of sp³-hybridized carbons (Fsp3) is 1.00. The third kappa shape index (κ3) is 24.3. The molecule has 0 atom stereocenters. The first kappa shape index (κ1) is 30.4. The molecule has 0 radical (unpaired) electrons. The lowest BCUT2D eigenvalue weighted by molar-refractivity contribution is 0.295. The Hall–Kier alpha value is 0.250. The molecule has 0 aliphatic heterocycles. The summed E-state index contributed by atoms with van der Waals surface area (Å²) in [5, 5.41) is 0. The molecule has 0 aliphatic carbocycles. The number of halogens is 1. The Labute approximate surface area is 186 Å². The van der Waals surface area contributed by atoms with Crippen LogP contribution in [0.3, 0.4) is 0 Å². The normalized spacial score (nSPS) is 11.1. The Bertz CT molecular complexity index is 253. The molecule has 0 aliphatic rings. The van der Waals surface area contributed by atoms with Crippen molar-refractivity contribution in [3.8, 4) is 0 Å². The Kier molecular flexibility index (Phi) is 29.6. The summed E-state index contributed by atoms with van der Waals surface area (Å²) in [6, 6.07) is 0. The summed E-state index contributed by atoms with van der Waals surface area (Å²) >= 11 is 0. The van der Waals surface area contributed by atoms with Crippen molar-refractivity contribution in [2.75, 3.05) is 19.6 Å². The van der Waals surface area contributed by atoms with Gasteiger partial charge in [0.1, 0.15) is 0 Å². The van der Waals surface area contributed by atoms with Crippen LogP contribution in [0.25, 0.3) is 0 Å². The van der Waals surface area contributed by atoms with E-state index < -0.39 is 0 Å². The molecule has 0 unspecified atom stereocenters. The van der Waals surface area contributed by atoms with Gasteiger partial charge in [0.2, 0.25) is 0 Å². The van der Waals surface area contributed by atoms with E-state index in [1.807, 2.05) is 0 Å². The average molecular weight is 418 g/mol. The highest BCUT2D eigenvalue weighted by Crippen LogP contribution is 2.14. The first-order valence-electron chi connectivity index (χ1n) is 13.1. The second-order valence-electron chi connectivity index (χ2n) is 8.74. The molecule has 0 saturated carbocycles. The summed E-state index contributed by atoms with van der Waals surface area (Å²) in [5.74, 6) is 0. The van der Waals surface area contributed by atoms with Crippen LogP contribution in [-0.4, -0.2) is 24.5 Å². The first-order chi connectivity index (χ1) is 13.3. The SMILES string of the molecule is CCCCCCCCCCCCCCCCCCCCCCN(CC)CC.Cl. The van der Waals surface area contributed by atoms with E-state index in [1.165, 1.54) is 148 Å². The van der Waals surface area contributed by atoms with Crippen molar-refractivity contribution < 1.29 is 0 Å². The summed E-state index contributed by atoms with van der Waals surface area (Å²) in [6.45, 7) is 10.6. The quantitative estimate of drug-likeness (QED) is 0.149. The smallest absolute Gasteiger partial charge is 0.00190 e. The van der Waals surface area contributed by atoms with E-state index in [0.29, 0.717) is 0 Å². The van der Waals surface area contributed by atoms with E-state index in [4.69, 9.17) is 0 Å². The predicted octanol–water partition coefficient (Wildman–Crippen LogP) is 9.57. The van der Waals surface area contributed by atoms with Gasteiger partial charge in [0.15, 0.2) is 0 Å². The molecule has 0 spiro atoms. The Balaban J connectivity index is 0. The van der Waals surface area contributed by atoms with Gasteiger partial charge in [-0.05, 0) is 26.1 Å². The monoisotopic (exact) mass is 417 g/mol. The van der Waals surface area contributed by atoms with Gasteiger partial charge in [0.25, 0.3) is 0 Å². The molecular formula is C26H56ClN. The van der Waals surface area contributed by atoms with Crippen LogP contribution in [-0.2, 0) is 0 Å². The number of rotatable bonds is 23. The van der Waals surface area contributed by atoms with Gasteiger partial charge < -0.3 is 4.90 Å². The van der Waals surface area contributed by atoms with Crippen molar-refractivity contribution in [1.29, 1.82) is 0 Å². The summed E-state index contributed by atoms with van der Waals surface area (Å²) in [4.78, 5) is 2.55. The molecule has 0 saturated heterocycles. The van der Waals surface area contributed by atoms with Crippen molar-refractivity contribution >= 4 is 12.4 Å². The third-order valence-corrected chi connectivity index (χ3v) is 6.22. The molecule has 0 rings (SSSR count). The maximum absolute atomic E-state index is 2.55. The minimum absolute atomic E-state index is 0. The second kappa shape index (κ2) is 27.2. The van der Waals surface area contributed by atoms with Crippen molar-refractivity contribution in [3.05, 3.63) is 0 Å². The number of hydrogen-bond acceptors (Lipinski definition) is 1. The number of nitrogens with zero attached hydrogens (tertiary/aromatic N) is 1. The molecule has 0 aromatic heterocycles. The summed E-state index contributed by atoms with van der Waals surface area (Å²) in [6.07, 6.45) is 29.3. The lowest BCUT2D eigenvalue weighted by atomic mass is 10.0. The fourth-order valence-corrected chi connectivity index (χ4v) is 4.13. The fourth-order valence-electron chi connectivity index (χ4n) is 4.13. The minimum atomic E-state index is 0. The Morgan fingerprint density at radius 2 is 0.607 bits per heavy atom. The van der Waals surface area contributed by atoms with Crippen molar-refractivity contribution in [2.45, 2.75) is 149 Å². The van der Waals surface area contributed by atoms with Crippen LogP contribution >= 0.6 is 12.4 Å². The van der Waals surface area contributed by atoms with Crippen molar-refractivity contribution in [1.82, 2.24) is 4.90 Å². The maximum atomic E-state index is 2.55. The highest BCUT2D eigenvalue weighted by Gasteiger charge is 1.98. The maximum Gasteiger partial charge on any atom is -0.00190 e. The molecule has 0 heterocycles. The number of hydrogen-bond donors (Lipinski definition) is 0. The van der Waals surface area contributed by atoms with Gasteiger partial charge >= 0.3 is 0 Å². The topological polar surface area (TPSA) is 3.24 Å². The standard InChI is InChI=1S/C26H55N.ClH/c1-4-7-8-9-10-11-12-13-14-15-16-17-18-19-20-21-22-23-24-25-26-27(5-2)6-3;/h4-26H2,1-3H3;1H. The van der Waals surface area contributed by atoms with Gasteiger partial charge in [-0.15, -0.1) is 12.4 Å². The molecule has 28 heavy (non-hydrogen) atoms. The van der Waals surface area contributed by atoms with Crippen LogP contribution in [0.2, 0.25) is 0 Å². The first-order valence-corrected chi connectivity index (χ1v) is 13.1. The molecule has 172 valence electrons. The lowest BCUT2D eigenvalue weighted by Gasteiger charge is -2.17. The molecular weight excluding hydrogens is 362 g/mol. The summed E-state index contributed by atoms with van der Waals surface area (Å²) < 4.78 is 0.